The van der Waals surface area contributed by atoms with E-state index in [0.717, 1.165) is 25.9 Å². The van der Waals surface area contributed by atoms with Crippen LogP contribution < -0.4 is 10.2 Å². The van der Waals surface area contributed by atoms with E-state index in [0.29, 0.717) is 16.9 Å². The summed E-state index contributed by atoms with van der Waals surface area (Å²) < 4.78 is 14.2. The summed E-state index contributed by atoms with van der Waals surface area (Å²) in [5.41, 5.74) is 1.65. The van der Waals surface area contributed by atoms with Crippen molar-refractivity contribution in [2.45, 2.75) is 12.8 Å². The topological polar surface area (TPSA) is 32.3 Å². The van der Waals surface area contributed by atoms with Crippen LogP contribution in [-0.2, 0) is 0 Å². The van der Waals surface area contributed by atoms with E-state index >= 15 is 0 Å². The Morgan fingerprint density at radius 3 is 2.43 bits per heavy atom. The Morgan fingerprint density at radius 2 is 1.76 bits per heavy atom. The van der Waals surface area contributed by atoms with Gasteiger partial charge < -0.3 is 10.2 Å². The lowest BCUT2D eigenvalue weighted by molar-refractivity contribution is 0.102. The quantitative estimate of drug-likeness (QED) is 0.932. The van der Waals surface area contributed by atoms with Crippen LogP contribution in [0.5, 0.6) is 0 Å². The van der Waals surface area contributed by atoms with Crippen molar-refractivity contribution >= 4 is 17.3 Å². The van der Waals surface area contributed by atoms with E-state index in [1.165, 1.54) is 6.07 Å². The number of benzene rings is 2. The lowest BCUT2D eigenvalue weighted by atomic mass is 10.2. The van der Waals surface area contributed by atoms with Crippen molar-refractivity contribution < 1.29 is 9.18 Å². The largest absolute Gasteiger partial charge is 0.369 e. The molecule has 3 rings (SSSR count). The second-order valence-corrected chi connectivity index (χ2v) is 5.18. The van der Waals surface area contributed by atoms with Gasteiger partial charge in [0.1, 0.15) is 5.82 Å². The van der Waals surface area contributed by atoms with Crippen LogP contribution in [0.25, 0.3) is 0 Å². The fourth-order valence-corrected chi connectivity index (χ4v) is 2.59. The van der Waals surface area contributed by atoms with Crippen molar-refractivity contribution in [3.63, 3.8) is 0 Å². The van der Waals surface area contributed by atoms with E-state index in [4.69, 9.17) is 0 Å². The molecular formula is C17H17FN2O. The van der Waals surface area contributed by atoms with Crippen molar-refractivity contribution in [1.29, 1.82) is 0 Å². The Bertz CT molecular complexity index is 636. The van der Waals surface area contributed by atoms with E-state index in [2.05, 4.69) is 5.32 Å². The van der Waals surface area contributed by atoms with Crippen LogP contribution in [0.1, 0.15) is 23.2 Å². The molecule has 21 heavy (non-hydrogen) atoms. The number of nitrogens with one attached hydrogen (secondary N) is 1. The van der Waals surface area contributed by atoms with E-state index in [-0.39, 0.29) is 11.7 Å². The standard InChI is InChI=1S/C17H17FN2O/c18-15-12-14(8-9-16(15)20-10-4-5-11-20)19-17(21)13-6-2-1-3-7-13/h1-3,6-9,12H,4-5,10-11H2,(H,19,21). The Balaban J connectivity index is 1.75. The normalized spacial score (nSPS) is 14.2. The highest BCUT2D eigenvalue weighted by atomic mass is 19.1. The average Bonchev–Trinajstić information content (AvgIpc) is 3.02. The highest BCUT2D eigenvalue weighted by Crippen LogP contribution is 2.26. The van der Waals surface area contributed by atoms with Crippen molar-refractivity contribution in [1.82, 2.24) is 0 Å². The number of hydrogen-bond donors (Lipinski definition) is 1. The summed E-state index contributed by atoms with van der Waals surface area (Å²) in [6.07, 6.45) is 2.21. The van der Waals surface area contributed by atoms with Crippen molar-refractivity contribution in [2.75, 3.05) is 23.3 Å². The Morgan fingerprint density at radius 1 is 1.05 bits per heavy atom. The number of carbonyl (C=O) groups is 1. The second-order valence-electron chi connectivity index (χ2n) is 5.18. The highest BCUT2D eigenvalue weighted by Gasteiger charge is 2.16. The molecule has 1 aliphatic rings. The number of anilines is 2. The lowest BCUT2D eigenvalue weighted by Gasteiger charge is -2.18. The zero-order valence-electron chi connectivity index (χ0n) is 11.7. The first kappa shape index (κ1) is 13.6. The summed E-state index contributed by atoms with van der Waals surface area (Å²) in [6, 6.07) is 13.8. The monoisotopic (exact) mass is 284 g/mol. The maximum atomic E-state index is 14.2. The molecule has 0 unspecified atom stereocenters. The molecule has 0 radical (unpaired) electrons. The molecule has 0 bridgehead atoms. The SMILES string of the molecule is O=C(Nc1ccc(N2CCCC2)c(F)c1)c1ccccc1. The van der Waals surface area contributed by atoms with Gasteiger partial charge >= 0.3 is 0 Å². The summed E-state index contributed by atoms with van der Waals surface area (Å²) in [6.45, 7) is 1.79. The minimum Gasteiger partial charge on any atom is -0.369 e. The summed E-state index contributed by atoms with van der Waals surface area (Å²) in [7, 11) is 0. The van der Waals surface area contributed by atoms with Crippen molar-refractivity contribution in [3.8, 4) is 0 Å². The van der Waals surface area contributed by atoms with Crippen LogP contribution in [0.2, 0.25) is 0 Å². The first-order valence-electron chi connectivity index (χ1n) is 7.15. The van der Waals surface area contributed by atoms with Crippen LogP contribution >= 0.6 is 0 Å². The molecular weight excluding hydrogens is 267 g/mol. The maximum Gasteiger partial charge on any atom is 0.255 e. The molecule has 108 valence electrons. The van der Waals surface area contributed by atoms with Crippen LogP contribution in [0.3, 0.4) is 0 Å². The predicted molar refractivity (Wildman–Crippen MR) is 82.2 cm³/mol. The number of rotatable bonds is 3. The van der Waals surface area contributed by atoms with Crippen LogP contribution in [0.15, 0.2) is 48.5 Å². The van der Waals surface area contributed by atoms with Gasteiger partial charge in [0, 0.05) is 24.3 Å². The van der Waals surface area contributed by atoms with Gasteiger partial charge in [-0.15, -0.1) is 0 Å². The third-order valence-electron chi connectivity index (χ3n) is 3.69. The lowest BCUT2D eigenvalue weighted by Crippen LogP contribution is -2.19. The molecule has 1 heterocycles. The number of halogens is 1. The van der Waals surface area contributed by atoms with Crippen LogP contribution in [0.4, 0.5) is 15.8 Å². The molecule has 4 heteroatoms. The van der Waals surface area contributed by atoms with Gasteiger partial charge in [-0.25, -0.2) is 4.39 Å². The van der Waals surface area contributed by atoms with E-state index in [1.54, 1.807) is 36.4 Å². The van der Waals surface area contributed by atoms with Gasteiger partial charge in [-0.3, -0.25) is 4.79 Å². The van der Waals surface area contributed by atoms with Gasteiger partial charge in [0.2, 0.25) is 0 Å². The molecule has 0 spiro atoms. The minimum absolute atomic E-state index is 0.232. The van der Waals surface area contributed by atoms with Crippen LogP contribution in [0, 0.1) is 5.82 Å². The zero-order chi connectivity index (χ0) is 14.7. The van der Waals surface area contributed by atoms with Gasteiger partial charge in [-0.05, 0) is 43.2 Å². The molecule has 0 aromatic heterocycles. The Labute approximate surface area is 123 Å². The van der Waals surface area contributed by atoms with Gasteiger partial charge in [0.25, 0.3) is 5.91 Å². The fourth-order valence-electron chi connectivity index (χ4n) is 2.59. The number of amides is 1. The Hall–Kier alpha value is -2.36. The minimum atomic E-state index is -0.289. The summed E-state index contributed by atoms with van der Waals surface area (Å²) >= 11 is 0. The number of nitrogens with zero attached hydrogens (tertiary/aromatic N) is 1. The fraction of sp³-hybridized carbons (Fsp3) is 0.235. The van der Waals surface area contributed by atoms with Gasteiger partial charge in [0.05, 0.1) is 5.69 Å². The van der Waals surface area contributed by atoms with Gasteiger partial charge in [-0.2, -0.15) is 0 Å². The van der Waals surface area contributed by atoms with E-state index in [1.807, 2.05) is 11.0 Å². The van der Waals surface area contributed by atoms with E-state index < -0.39 is 0 Å². The highest BCUT2D eigenvalue weighted by molar-refractivity contribution is 6.04. The Kier molecular flexibility index (Phi) is 3.86. The zero-order valence-corrected chi connectivity index (χ0v) is 11.7. The molecule has 0 saturated carbocycles. The molecule has 0 aliphatic carbocycles. The first-order chi connectivity index (χ1) is 10.2. The third-order valence-corrected chi connectivity index (χ3v) is 3.69. The molecule has 2 aromatic carbocycles. The summed E-state index contributed by atoms with van der Waals surface area (Å²) in [5.74, 6) is -0.522. The smallest absolute Gasteiger partial charge is 0.255 e. The molecule has 2 aromatic rings. The molecule has 3 nitrogen and oxygen atoms in total. The number of carbonyl (C=O) groups excluding carboxylic acids is 1. The summed E-state index contributed by atoms with van der Waals surface area (Å²) in [5, 5.41) is 2.72. The molecule has 1 saturated heterocycles. The summed E-state index contributed by atoms with van der Waals surface area (Å²) in [4.78, 5) is 14.1. The van der Waals surface area contributed by atoms with E-state index in [9.17, 15) is 9.18 Å². The predicted octanol–water partition coefficient (Wildman–Crippen LogP) is 3.68. The van der Waals surface area contributed by atoms with Crippen molar-refractivity contribution in [3.05, 3.63) is 59.9 Å². The first-order valence-corrected chi connectivity index (χ1v) is 7.15. The average molecular weight is 284 g/mol. The second kappa shape index (κ2) is 5.95. The number of hydrogen-bond acceptors (Lipinski definition) is 2. The van der Waals surface area contributed by atoms with Crippen LogP contribution in [-0.4, -0.2) is 19.0 Å². The van der Waals surface area contributed by atoms with Crippen molar-refractivity contribution in [2.24, 2.45) is 0 Å². The molecule has 1 amide bonds. The molecule has 0 atom stereocenters. The van der Waals surface area contributed by atoms with Gasteiger partial charge in [-0.1, -0.05) is 18.2 Å². The molecule has 1 fully saturated rings. The maximum absolute atomic E-state index is 14.2. The third kappa shape index (κ3) is 3.05. The molecule has 1 aliphatic heterocycles. The molecule has 1 N–H and O–H groups in total. The van der Waals surface area contributed by atoms with Gasteiger partial charge in [0.15, 0.2) is 0 Å².